The van der Waals surface area contributed by atoms with Crippen LogP contribution < -0.4 is 0 Å². The number of imidazole rings is 1. The molecule has 0 bridgehead atoms. The molecule has 39 heavy (non-hydrogen) atoms. The number of benzene rings is 2. The number of aryl methyl sites for hydroxylation is 1. The van der Waals surface area contributed by atoms with Crippen LogP contribution in [0, 0.1) is 12.8 Å². The minimum atomic E-state index is -4.41. The Hall–Kier alpha value is -3.65. The summed E-state index contributed by atoms with van der Waals surface area (Å²) in [5.41, 5.74) is 5.23. The highest BCUT2D eigenvalue weighted by molar-refractivity contribution is 5.76. The molecule has 0 unspecified atom stereocenters. The SMILES string of the molecule is Cc1ccc(-c2nc3ccc(-c4cccc(C(F)(F)F)c4)cn3c2CN2CCN(C(=O)CC(C)C)CC2)cc1. The summed E-state index contributed by atoms with van der Waals surface area (Å²) in [5, 5.41) is 0. The Kier molecular flexibility index (Phi) is 7.49. The van der Waals surface area contributed by atoms with Crippen LogP contribution in [-0.2, 0) is 17.5 Å². The number of aromatic nitrogens is 2. The number of fused-ring (bicyclic) bond motifs is 1. The van der Waals surface area contributed by atoms with E-state index in [4.69, 9.17) is 4.98 Å². The van der Waals surface area contributed by atoms with E-state index in [-0.39, 0.29) is 5.91 Å². The van der Waals surface area contributed by atoms with Crippen molar-refractivity contribution in [3.8, 4) is 22.4 Å². The topological polar surface area (TPSA) is 40.9 Å². The summed E-state index contributed by atoms with van der Waals surface area (Å²) in [6.45, 7) is 9.61. The molecule has 2 aromatic carbocycles. The minimum Gasteiger partial charge on any atom is -0.340 e. The molecule has 4 aromatic rings. The number of amides is 1. The maximum absolute atomic E-state index is 13.4. The van der Waals surface area contributed by atoms with Crippen LogP contribution in [0.1, 0.15) is 37.1 Å². The number of halogens is 3. The molecule has 5 rings (SSSR count). The first kappa shape index (κ1) is 26.9. The summed E-state index contributed by atoms with van der Waals surface area (Å²) < 4.78 is 42.1. The van der Waals surface area contributed by atoms with Crippen LogP contribution in [-0.4, -0.2) is 51.3 Å². The van der Waals surface area contributed by atoms with Gasteiger partial charge in [-0.15, -0.1) is 0 Å². The number of pyridine rings is 1. The molecule has 0 atom stereocenters. The highest BCUT2D eigenvalue weighted by atomic mass is 19.4. The molecule has 204 valence electrons. The van der Waals surface area contributed by atoms with Gasteiger partial charge in [0.1, 0.15) is 5.65 Å². The third-order valence-electron chi connectivity index (χ3n) is 7.25. The number of rotatable bonds is 6. The van der Waals surface area contributed by atoms with Gasteiger partial charge in [0.25, 0.3) is 0 Å². The maximum Gasteiger partial charge on any atom is 0.416 e. The fourth-order valence-electron chi connectivity index (χ4n) is 5.08. The van der Waals surface area contributed by atoms with E-state index >= 15 is 0 Å². The van der Waals surface area contributed by atoms with Crippen LogP contribution >= 0.6 is 0 Å². The molecule has 8 heteroatoms. The predicted octanol–water partition coefficient (Wildman–Crippen LogP) is 6.69. The van der Waals surface area contributed by atoms with Gasteiger partial charge in [-0.25, -0.2) is 4.98 Å². The molecule has 1 aliphatic heterocycles. The van der Waals surface area contributed by atoms with Gasteiger partial charge in [0.05, 0.1) is 17.0 Å². The van der Waals surface area contributed by atoms with Crippen LogP contribution in [0.2, 0.25) is 0 Å². The van der Waals surface area contributed by atoms with Crippen molar-refractivity contribution in [2.75, 3.05) is 26.2 Å². The van der Waals surface area contributed by atoms with Crippen molar-refractivity contribution in [3.05, 3.63) is 83.7 Å². The predicted molar refractivity (Wildman–Crippen MR) is 147 cm³/mol. The van der Waals surface area contributed by atoms with Gasteiger partial charge in [-0.3, -0.25) is 9.69 Å². The summed E-state index contributed by atoms with van der Waals surface area (Å²) in [5.74, 6) is 0.530. The Morgan fingerprint density at radius 3 is 2.28 bits per heavy atom. The molecular formula is C31H33F3N4O. The van der Waals surface area contributed by atoms with E-state index in [1.165, 1.54) is 12.1 Å². The molecule has 1 fully saturated rings. The van der Waals surface area contributed by atoms with E-state index in [2.05, 4.69) is 43.0 Å². The average Bonchev–Trinajstić information content (AvgIpc) is 3.26. The van der Waals surface area contributed by atoms with Crippen molar-refractivity contribution in [1.29, 1.82) is 0 Å². The molecule has 0 aliphatic carbocycles. The lowest BCUT2D eigenvalue weighted by Gasteiger charge is -2.35. The molecular weight excluding hydrogens is 501 g/mol. The fourth-order valence-corrected chi connectivity index (χ4v) is 5.08. The Labute approximate surface area is 226 Å². The Balaban J connectivity index is 1.49. The zero-order valence-corrected chi connectivity index (χ0v) is 22.5. The number of hydrogen-bond acceptors (Lipinski definition) is 3. The van der Waals surface area contributed by atoms with Crippen molar-refractivity contribution in [2.45, 2.75) is 39.9 Å². The van der Waals surface area contributed by atoms with E-state index in [1.54, 1.807) is 6.07 Å². The van der Waals surface area contributed by atoms with Crippen molar-refractivity contribution >= 4 is 11.6 Å². The van der Waals surface area contributed by atoms with Crippen LogP contribution in [0.5, 0.6) is 0 Å². The maximum atomic E-state index is 13.4. The average molecular weight is 535 g/mol. The molecule has 0 saturated carbocycles. The molecule has 2 aromatic heterocycles. The lowest BCUT2D eigenvalue weighted by Crippen LogP contribution is -2.48. The van der Waals surface area contributed by atoms with Gasteiger partial charge in [0.2, 0.25) is 5.91 Å². The van der Waals surface area contributed by atoms with Gasteiger partial charge in [-0.1, -0.05) is 55.8 Å². The van der Waals surface area contributed by atoms with Gasteiger partial charge in [0.15, 0.2) is 0 Å². The first-order valence-corrected chi connectivity index (χ1v) is 13.3. The molecule has 5 nitrogen and oxygen atoms in total. The zero-order valence-electron chi connectivity index (χ0n) is 22.5. The highest BCUT2D eigenvalue weighted by Gasteiger charge is 2.30. The second-order valence-corrected chi connectivity index (χ2v) is 10.8. The van der Waals surface area contributed by atoms with E-state index in [0.29, 0.717) is 43.1 Å². The van der Waals surface area contributed by atoms with E-state index in [0.717, 1.165) is 47.3 Å². The number of nitrogens with zero attached hydrogens (tertiary/aromatic N) is 4. The number of piperazine rings is 1. The van der Waals surface area contributed by atoms with Crippen LogP contribution in [0.25, 0.3) is 28.0 Å². The van der Waals surface area contributed by atoms with Crippen LogP contribution in [0.3, 0.4) is 0 Å². The lowest BCUT2D eigenvalue weighted by atomic mass is 10.0. The number of carbonyl (C=O) groups is 1. The first-order valence-electron chi connectivity index (χ1n) is 13.3. The Bertz CT molecular complexity index is 1470. The molecule has 0 spiro atoms. The van der Waals surface area contributed by atoms with E-state index < -0.39 is 11.7 Å². The van der Waals surface area contributed by atoms with Crippen molar-refractivity contribution in [1.82, 2.24) is 19.2 Å². The van der Waals surface area contributed by atoms with Gasteiger partial charge in [-0.2, -0.15) is 13.2 Å². The second kappa shape index (κ2) is 10.8. The largest absolute Gasteiger partial charge is 0.416 e. The number of alkyl halides is 3. The standard InChI is InChI=1S/C31H33F3N4O/c1-21(2)17-29(39)37-15-13-36(14-16-37)20-27-30(23-9-7-22(3)8-10-23)35-28-12-11-25(19-38(27)28)24-5-4-6-26(18-24)31(32,33)34/h4-12,18-19,21H,13-17,20H2,1-3H3. The van der Waals surface area contributed by atoms with Crippen molar-refractivity contribution < 1.29 is 18.0 Å². The summed E-state index contributed by atoms with van der Waals surface area (Å²) in [6, 6.07) is 17.3. The van der Waals surface area contributed by atoms with E-state index in [1.807, 2.05) is 34.6 Å². The molecule has 1 aliphatic rings. The molecule has 0 radical (unpaired) electrons. The monoisotopic (exact) mass is 534 g/mol. The van der Waals surface area contributed by atoms with Gasteiger partial charge in [-0.05, 0) is 48.2 Å². The highest BCUT2D eigenvalue weighted by Crippen LogP contribution is 2.33. The van der Waals surface area contributed by atoms with Crippen LogP contribution in [0.4, 0.5) is 13.2 Å². The van der Waals surface area contributed by atoms with Crippen molar-refractivity contribution in [3.63, 3.8) is 0 Å². The summed E-state index contributed by atoms with van der Waals surface area (Å²) in [7, 11) is 0. The third-order valence-corrected chi connectivity index (χ3v) is 7.25. The molecule has 1 amide bonds. The number of hydrogen-bond donors (Lipinski definition) is 0. The third kappa shape index (κ3) is 6.01. The Morgan fingerprint density at radius 1 is 0.923 bits per heavy atom. The normalized spacial score (nSPS) is 14.9. The van der Waals surface area contributed by atoms with E-state index in [9.17, 15) is 18.0 Å². The quantitative estimate of drug-likeness (QED) is 0.277. The van der Waals surface area contributed by atoms with Gasteiger partial charge < -0.3 is 9.30 Å². The molecule has 3 heterocycles. The summed E-state index contributed by atoms with van der Waals surface area (Å²) in [4.78, 5) is 21.8. The van der Waals surface area contributed by atoms with Gasteiger partial charge in [0, 0.05) is 50.9 Å². The van der Waals surface area contributed by atoms with Crippen LogP contribution in [0.15, 0.2) is 66.9 Å². The summed E-state index contributed by atoms with van der Waals surface area (Å²) >= 11 is 0. The smallest absolute Gasteiger partial charge is 0.340 e. The lowest BCUT2D eigenvalue weighted by molar-refractivity contribution is -0.137. The second-order valence-electron chi connectivity index (χ2n) is 10.8. The molecule has 1 saturated heterocycles. The van der Waals surface area contributed by atoms with Gasteiger partial charge >= 0.3 is 6.18 Å². The zero-order chi connectivity index (χ0) is 27.7. The fraction of sp³-hybridized carbons (Fsp3) is 0.355. The Morgan fingerprint density at radius 2 is 1.62 bits per heavy atom. The minimum absolute atomic E-state index is 0.200. The molecule has 0 N–H and O–H groups in total. The number of carbonyl (C=O) groups excluding carboxylic acids is 1. The van der Waals surface area contributed by atoms with Crippen molar-refractivity contribution in [2.24, 2.45) is 5.92 Å². The first-order chi connectivity index (χ1) is 18.6. The summed E-state index contributed by atoms with van der Waals surface area (Å²) in [6.07, 6.45) is -1.96.